The number of hydrogen-bond donors (Lipinski definition) is 1. The highest BCUT2D eigenvalue weighted by molar-refractivity contribution is 5.80. The summed E-state index contributed by atoms with van der Waals surface area (Å²) in [6, 6.07) is 0. The van der Waals surface area contributed by atoms with Crippen molar-refractivity contribution in [2.24, 2.45) is 57.2 Å². The van der Waals surface area contributed by atoms with Crippen LogP contribution in [0.2, 0.25) is 0 Å². The van der Waals surface area contributed by atoms with Crippen LogP contribution in [0.15, 0.2) is 0 Å². The van der Waals surface area contributed by atoms with Crippen LogP contribution in [-0.2, 0) is 4.79 Å². The van der Waals surface area contributed by atoms with Crippen molar-refractivity contribution in [2.75, 3.05) is 0 Å². The van der Waals surface area contributed by atoms with E-state index < -0.39 is 0 Å². The minimum atomic E-state index is -0.0560. The van der Waals surface area contributed by atoms with Crippen molar-refractivity contribution >= 4 is 5.78 Å². The van der Waals surface area contributed by atoms with Gasteiger partial charge < -0.3 is 5.11 Å². The second-order valence-electron chi connectivity index (χ2n) is 13.8. The lowest BCUT2D eigenvalue weighted by Crippen LogP contribution is -2.56. The van der Waals surface area contributed by atoms with Crippen LogP contribution >= 0.6 is 0 Å². The van der Waals surface area contributed by atoms with Crippen molar-refractivity contribution in [3.05, 3.63) is 0 Å². The molecule has 1 N–H and O–H groups in total. The Morgan fingerprint density at radius 2 is 1.68 bits per heavy atom. The summed E-state index contributed by atoms with van der Waals surface area (Å²) < 4.78 is 0. The minimum absolute atomic E-state index is 0.0560. The zero-order valence-corrected chi connectivity index (χ0v) is 21.2. The molecule has 0 radical (unpaired) electrons. The summed E-state index contributed by atoms with van der Waals surface area (Å²) in [6.45, 7) is 14.3. The van der Waals surface area contributed by atoms with Gasteiger partial charge in [0.25, 0.3) is 0 Å². The molecule has 0 unspecified atom stereocenters. The highest BCUT2D eigenvalue weighted by Gasteiger charge is 2.81. The van der Waals surface area contributed by atoms with Gasteiger partial charge in [0, 0.05) is 12.3 Å². The van der Waals surface area contributed by atoms with Gasteiger partial charge in [0.2, 0.25) is 0 Å². The van der Waals surface area contributed by atoms with Crippen molar-refractivity contribution < 1.29 is 9.90 Å². The average Bonchev–Trinajstić information content (AvgIpc) is 3.31. The topological polar surface area (TPSA) is 37.3 Å². The molecule has 2 heteroatoms. The molecule has 2 spiro atoms. The molecule has 0 aliphatic heterocycles. The van der Waals surface area contributed by atoms with Gasteiger partial charge in [-0.2, -0.15) is 0 Å². The number of aliphatic hydroxyl groups is 1. The number of Topliss-reactive ketones (excluding diaryl/α,β-unsaturated/α-hetero) is 1. The third-order valence-electron chi connectivity index (χ3n) is 12.9. The van der Waals surface area contributed by atoms with Crippen LogP contribution in [0.25, 0.3) is 0 Å². The van der Waals surface area contributed by atoms with E-state index in [1.54, 1.807) is 0 Å². The fourth-order valence-electron chi connectivity index (χ4n) is 10.8. The van der Waals surface area contributed by atoms with E-state index in [0.29, 0.717) is 39.3 Å². The van der Waals surface area contributed by atoms with Crippen molar-refractivity contribution in [3.8, 4) is 0 Å². The molecule has 0 amide bonds. The van der Waals surface area contributed by atoms with Crippen LogP contribution in [0.3, 0.4) is 0 Å². The minimum Gasteiger partial charge on any atom is -0.393 e. The van der Waals surface area contributed by atoms with Gasteiger partial charge in [-0.15, -0.1) is 0 Å². The van der Waals surface area contributed by atoms with Crippen LogP contribution in [-0.4, -0.2) is 17.0 Å². The van der Waals surface area contributed by atoms with E-state index in [4.69, 9.17) is 0 Å². The van der Waals surface area contributed by atoms with Gasteiger partial charge in [-0.1, -0.05) is 41.5 Å². The molecule has 0 aromatic heterocycles. The third kappa shape index (κ3) is 2.75. The van der Waals surface area contributed by atoms with E-state index in [1.807, 2.05) is 0 Å². The predicted molar refractivity (Wildman–Crippen MR) is 127 cm³/mol. The van der Waals surface area contributed by atoms with Gasteiger partial charge in [-0.25, -0.2) is 0 Å². The monoisotopic (exact) mass is 428 g/mol. The van der Waals surface area contributed by atoms with E-state index in [-0.39, 0.29) is 12.0 Å². The molecule has 0 saturated heterocycles. The van der Waals surface area contributed by atoms with Gasteiger partial charge in [-0.05, 0) is 115 Å². The maximum Gasteiger partial charge on any atom is 0.135 e. The van der Waals surface area contributed by atoms with E-state index >= 15 is 0 Å². The Morgan fingerprint density at radius 1 is 0.935 bits per heavy atom. The lowest BCUT2D eigenvalue weighted by atomic mass is 9.43. The van der Waals surface area contributed by atoms with Gasteiger partial charge in [-0.3, -0.25) is 4.79 Å². The molecule has 5 aliphatic rings. The van der Waals surface area contributed by atoms with Crippen molar-refractivity contribution in [2.45, 2.75) is 118 Å². The number of hydrogen-bond acceptors (Lipinski definition) is 2. The van der Waals surface area contributed by atoms with Gasteiger partial charge in [0.1, 0.15) is 5.78 Å². The molecule has 0 heterocycles. The SMILES string of the molecule is CC(C)C(=O)CC[C@@H](C)[C@@H]1CC[C@@]2(C)[C@@H]3CC[C@H]4[C@H](C)[C@@H](O)CC[C@@]45C[C@@]35CC[C@]12C. The van der Waals surface area contributed by atoms with E-state index in [1.165, 1.54) is 51.4 Å². The Kier molecular flexibility index (Phi) is 5.11. The zero-order valence-electron chi connectivity index (χ0n) is 21.2. The van der Waals surface area contributed by atoms with Crippen LogP contribution in [0.5, 0.6) is 0 Å². The van der Waals surface area contributed by atoms with Crippen LogP contribution in [0, 0.1) is 57.2 Å². The number of ketones is 1. The molecule has 176 valence electrons. The molecule has 10 atom stereocenters. The van der Waals surface area contributed by atoms with Gasteiger partial charge in [0.15, 0.2) is 0 Å². The molecular formula is C29H48O2. The Hall–Kier alpha value is -0.370. The molecule has 5 aliphatic carbocycles. The van der Waals surface area contributed by atoms with Crippen LogP contribution in [0.4, 0.5) is 0 Å². The summed E-state index contributed by atoms with van der Waals surface area (Å²) in [4.78, 5) is 12.3. The Morgan fingerprint density at radius 3 is 2.39 bits per heavy atom. The van der Waals surface area contributed by atoms with Crippen molar-refractivity contribution in [1.29, 1.82) is 0 Å². The summed E-state index contributed by atoms with van der Waals surface area (Å²) in [6.07, 6.45) is 14.0. The molecule has 5 saturated carbocycles. The fraction of sp³-hybridized carbons (Fsp3) is 0.966. The predicted octanol–water partition coefficient (Wildman–Crippen LogP) is 7.04. The number of carbonyl (C=O) groups is 1. The largest absolute Gasteiger partial charge is 0.393 e. The highest BCUT2D eigenvalue weighted by Crippen LogP contribution is 2.88. The molecule has 0 aromatic rings. The molecular weight excluding hydrogens is 380 g/mol. The van der Waals surface area contributed by atoms with Crippen molar-refractivity contribution in [1.82, 2.24) is 0 Å². The first-order valence-corrected chi connectivity index (χ1v) is 13.7. The second kappa shape index (κ2) is 7.07. The van der Waals surface area contributed by atoms with Crippen LogP contribution in [0.1, 0.15) is 112 Å². The quantitative estimate of drug-likeness (QED) is 0.510. The summed E-state index contributed by atoms with van der Waals surface area (Å²) in [7, 11) is 0. The number of carbonyl (C=O) groups excluding carboxylic acids is 1. The lowest BCUT2D eigenvalue weighted by molar-refractivity contribution is -0.143. The van der Waals surface area contributed by atoms with E-state index in [2.05, 4.69) is 41.5 Å². The van der Waals surface area contributed by atoms with E-state index in [9.17, 15) is 9.90 Å². The number of aliphatic hydroxyl groups excluding tert-OH is 1. The first-order chi connectivity index (χ1) is 14.5. The van der Waals surface area contributed by atoms with Gasteiger partial charge >= 0.3 is 0 Å². The molecule has 2 nitrogen and oxygen atoms in total. The normalized spacial score (nSPS) is 53.9. The average molecular weight is 429 g/mol. The molecule has 5 rings (SSSR count). The zero-order chi connectivity index (χ0) is 22.4. The molecule has 0 bridgehead atoms. The smallest absolute Gasteiger partial charge is 0.135 e. The van der Waals surface area contributed by atoms with Gasteiger partial charge in [0.05, 0.1) is 6.10 Å². The third-order valence-corrected chi connectivity index (χ3v) is 12.9. The summed E-state index contributed by atoms with van der Waals surface area (Å²) in [5, 5.41) is 10.6. The Bertz CT molecular complexity index is 743. The molecule has 31 heavy (non-hydrogen) atoms. The first kappa shape index (κ1) is 22.4. The van der Waals surface area contributed by atoms with Crippen molar-refractivity contribution in [3.63, 3.8) is 0 Å². The molecule has 0 aromatic carbocycles. The Labute approximate surface area is 191 Å². The number of fused-ring (bicyclic) bond motifs is 2. The van der Waals surface area contributed by atoms with E-state index in [0.717, 1.165) is 37.0 Å². The Balaban J connectivity index is 1.37. The standard InChI is InChI=1S/C29H48O2/c1-18(2)23(30)9-7-19(3)21-11-13-27(6)25-10-8-22-20(4)24(31)12-14-28(22)17-29(25,28)16-15-26(21,27)5/h18-22,24-25,31H,7-17H2,1-6H3/t19-,20+,21+,22+,24+,25+,26-,27+,28-,29+/m1/s1. The fourth-order valence-corrected chi connectivity index (χ4v) is 10.8. The van der Waals surface area contributed by atoms with Crippen LogP contribution < -0.4 is 0 Å². The maximum absolute atomic E-state index is 12.3. The lowest BCUT2D eigenvalue weighted by Gasteiger charge is -2.62. The summed E-state index contributed by atoms with van der Waals surface area (Å²) in [5.74, 6) is 4.26. The summed E-state index contributed by atoms with van der Waals surface area (Å²) in [5.41, 5.74) is 2.09. The summed E-state index contributed by atoms with van der Waals surface area (Å²) >= 11 is 0. The number of rotatable bonds is 5. The second-order valence-corrected chi connectivity index (χ2v) is 13.8. The molecule has 5 fully saturated rings. The first-order valence-electron chi connectivity index (χ1n) is 13.7. The highest BCUT2D eigenvalue weighted by atomic mass is 16.3. The maximum atomic E-state index is 12.3.